The van der Waals surface area contributed by atoms with E-state index in [4.69, 9.17) is 25.8 Å². The van der Waals surface area contributed by atoms with Crippen LogP contribution < -0.4 is 19.5 Å². The molecule has 0 fully saturated rings. The van der Waals surface area contributed by atoms with E-state index in [1.165, 1.54) is 18.7 Å². The molecule has 1 heterocycles. The van der Waals surface area contributed by atoms with Crippen LogP contribution in [0.4, 0.5) is 0 Å². The fraction of sp³-hybridized carbons (Fsp3) is 0.400. The molecule has 0 radical (unpaired) electrons. The first-order valence-electron chi connectivity index (χ1n) is 8.81. The standard InChI is InChI=1S/C20H24ClNO4/c1-4-25-18-8-12-6-7-22-20(13(12)9-19(18)26-5-2)14-10-17(24-3)16(23)11-15(14)21/h8-11,20,22-23H,4-7H2,1-3H3/t20-/m0/s1. The number of phenols is 1. The van der Waals surface area contributed by atoms with Crippen molar-refractivity contribution in [2.24, 2.45) is 0 Å². The number of ether oxygens (including phenoxy) is 3. The summed E-state index contributed by atoms with van der Waals surface area (Å²) in [7, 11) is 1.52. The third-order valence-corrected chi connectivity index (χ3v) is 4.80. The summed E-state index contributed by atoms with van der Waals surface area (Å²) in [6.07, 6.45) is 0.894. The minimum absolute atomic E-state index is 0.0268. The highest BCUT2D eigenvalue weighted by Gasteiger charge is 2.26. The largest absolute Gasteiger partial charge is 0.504 e. The molecule has 0 saturated heterocycles. The summed E-state index contributed by atoms with van der Waals surface area (Å²) in [5.74, 6) is 1.92. The van der Waals surface area contributed by atoms with Crippen LogP contribution in [-0.4, -0.2) is 32.0 Å². The van der Waals surface area contributed by atoms with Crippen LogP contribution in [0, 0.1) is 0 Å². The van der Waals surface area contributed by atoms with Gasteiger partial charge in [-0.1, -0.05) is 11.6 Å². The summed E-state index contributed by atoms with van der Waals surface area (Å²) in [5.41, 5.74) is 3.15. The van der Waals surface area contributed by atoms with Gasteiger partial charge < -0.3 is 24.6 Å². The Hall–Kier alpha value is -2.11. The lowest BCUT2D eigenvalue weighted by Crippen LogP contribution is -2.31. The number of phenolic OH excluding ortho intramolecular Hbond substituents is 1. The zero-order valence-electron chi connectivity index (χ0n) is 15.3. The molecule has 0 bridgehead atoms. The molecule has 1 aliphatic rings. The molecule has 0 unspecified atom stereocenters. The second kappa shape index (κ2) is 8.06. The molecule has 2 aromatic rings. The molecule has 0 saturated carbocycles. The average molecular weight is 378 g/mol. The van der Waals surface area contributed by atoms with Gasteiger partial charge in [0.05, 0.1) is 26.4 Å². The Labute approximate surface area is 158 Å². The number of nitrogens with one attached hydrogen (secondary N) is 1. The van der Waals surface area contributed by atoms with Gasteiger partial charge in [0.1, 0.15) is 0 Å². The van der Waals surface area contributed by atoms with Gasteiger partial charge in [-0.25, -0.2) is 0 Å². The summed E-state index contributed by atoms with van der Waals surface area (Å²) in [5, 5.41) is 13.9. The smallest absolute Gasteiger partial charge is 0.161 e. The van der Waals surface area contributed by atoms with Crippen molar-refractivity contribution in [3.8, 4) is 23.0 Å². The maximum atomic E-state index is 9.95. The highest BCUT2D eigenvalue weighted by atomic mass is 35.5. The maximum absolute atomic E-state index is 9.95. The molecule has 6 heteroatoms. The third-order valence-electron chi connectivity index (χ3n) is 4.47. The fourth-order valence-corrected chi connectivity index (χ4v) is 3.59. The average Bonchev–Trinajstić information content (AvgIpc) is 2.62. The molecule has 140 valence electrons. The molecular weight excluding hydrogens is 354 g/mol. The first-order chi connectivity index (χ1) is 12.6. The van der Waals surface area contributed by atoms with Crippen molar-refractivity contribution in [3.63, 3.8) is 0 Å². The summed E-state index contributed by atoms with van der Waals surface area (Å²) in [4.78, 5) is 0. The molecule has 0 amide bonds. The van der Waals surface area contributed by atoms with E-state index >= 15 is 0 Å². The van der Waals surface area contributed by atoms with E-state index < -0.39 is 0 Å². The van der Waals surface area contributed by atoms with Crippen molar-refractivity contribution >= 4 is 11.6 Å². The van der Waals surface area contributed by atoms with Gasteiger partial charge in [0.2, 0.25) is 0 Å². The van der Waals surface area contributed by atoms with Gasteiger partial charge in [-0.3, -0.25) is 0 Å². The Morgan fingerprint density at radius 2 is 1.69 bits per heavy atom. The molecule has 5 nitrogen and oxygen atoms in total. The van der Waals surface area contributed by atoms with E-state index in [1.807, 2.05) is 19.9 Å². The molecular formula is C20H24ClNO4. The Kier molecular flexibility index (Phi) is 5.79. The van der Waals surface area contributed by atoms with Crippen molar-refractivity contribution in [2.75, 3.05) is 26.9 Å². The quantitative estimate of drug-likeness (QED) is 0.794. The number of hydrogen-bond acceptors (Lipinski definition) is 5. The summed E-state index contributed by atoms with van der Waals surface area (Å²) >= 11 is 6.43. The SMILES string of the molecule is CCOc1cc2c(cc1OCC)[C@@H](c1cc(OC)c(O)cc1Cl)NCC2. The first-order valence-corrected chi connectivity index (χ1v) is 9.19. The predicted octanol–water partition coefficient (Wildman–Crippen LogP) is 4.09. The van der Waals surface area contributed by atoms with Gasteiger partial charge in [-0.2, -0.15) is 0 Å². The number of benzene rings is 2. The topological polar surface area (TPSA) is 60.0 Å². The van der Waals surface area contributed by atoms with E-state index in [-0.39, 0.29) is 11.8 Å². The Morgan fingerprint density at radius 1 is 1.04 bits per heavy atom. The third kappa shape index (κ3) is 3.55. The van der Waals surface area contributed by atoms with Crippen molar-refractivity contribution in [2.45, 2.75) is 26.3 Å². The molecule has 2 N–H and O–H groups in total. The van der Waals surface area contributed by atoms with Crippen LogP contribution >= 0.6 is 11.6 Å². The number of rotatable bonds is 6. The maximum Gasteiger partial charge on any atom is 0.161 e. The molecule has 2 aromatic carbocycles. The van der Waals surface area contributed by atoms with E-state index in [2.05, 4.69) is 11.4 Å². The van der Waals surface area contributed by atoms with E-state index in [0.717, 1.165) is 35.6 Å². The number of hydrogen-bond donors (Lipinski definition) is 2. The molecule has 1 aliphatic heterocycles. The normalized spacial score (nSPS) is 16.1. The van der Waals surface area contributed by atoms with Crippen molar-refractivity contribution in [3.05, 3.63) is 46.0 Å². The van der Waals surface area contributed by atoms with Crippen LogP contribution in [-0.2, 0) is 6.42 Å². The molecule has 0 aliphatic carbocycles. The monoisotopic (exact) mass is 377 g/mol. The van der Waals surface area contributed by atoms with Crippen LogP contribution in [0.3, 0.4) is 0 Å². The fourth-order valence-electron chi connectivity index (χ4n) is 3.32. The summed E-state index contributed by atoms with van der Waals surface area (Å²) in [6, 6.07) is 7.26. The summed E-state index contributed by atoms with van der Waals surface area (Å²) < 4.78 is 16.8. The van der Waals surface area contributed by atoms with E-state index in [9.17, 15) is 5.11 Å². The predicted molar refractivity (Wildman–Crippen MR) is 102 cm³/mol. The minimum atomic E-state index is -0.115. The second-order valence-corrected chi connectivity index (χ2v) is 6.45. The zero-order valence-corrected chi connectivity index (χ0v) is 16.0. The van der Waals surface area contributed by atoms with Crippen LogP contribution in [0.25, 0.3) is 0 Å². The van der Waals surface area contributed by atoms with Gasteiger partial charge in [0.25, 0.3) is 0 Å². The highest BCUT2D eigenvalue weighted by Crippen LogP contribution is 2.42. The number of halogens is 1. The van der Waals surface area contributed by atoms with E-state index in [1.54, 1.807) is 6.07 Å². The molecule has 0 spiro atoms. The van der Waals surface area contributed by atoms with Gasteiger partial charge >= 0.3 is 0 Å². The molecule has 3 rings (SSSR count). The highest BCUT2D eigenvalue weighted by molar-refractivity contribution is 6.31. The number of methoxy groups -OCH3 is 1. The van der Waals surface area contributed by atoms with Crippen molar-refractivity contribution < 1.29 is 19.3 Å². The molecule has 26 heavy (non-hydrogen) atoms. The lowest BCUT2D eigenvalue weighted by atomic mass is 9.89. The van der Waals surface area contributed by atoms with Crippen LogP contribution in [0.1, 0.15) is 36.6 Å². The first kappa shape index (κ1) is 18.7. The Morgan fingerprint density at radius 3 is 2.35 bits per heavy atom. The number of aromatic hydroxyl groups is 1. The van der Waals surface area contributed by atoms with Crippen LogP contribution in [0.15, 0.2) is 24.3 Å². The minimum Gasteiger partial charge on any atom is -0.504 e. The molecule has 0 aromatic heterocycles. The van der Waals surface area contributed by atoms with Gasteiger partial charge in [-0.15, -0.1) is 0 Å². The summed E-state index contributed by atoms with van der Waals surface area (Å²) in [6.45, 7) is 5.87. The molecule has 1 atom stereocenters. The Balaban J connectivity index is 2.10. The van der Waals surface area contributed by atoms with Crippen LogP contribution in [0.5, 0.6) is 23.0 Å². The van der Waals surface area contributed by atoms with E-state index in [0.29, 0.717) is 24.0 Å². The van der Waals surface area contributed by atoms with Crippen LogP contribution in [0.2, 0.25) is 5.02 Å². The Bertz CT molecular complexity index is 794. The number of fused-ring (bicyclic) bond motifs is 1. The van der Waals surface area contributed by atoms with Gasteiger partial charge in [0.15, 0.2) is 23.0 Å². The lowest BCUT2D eigenvalue weighted by Gasteiger charge is -2.29. The lowest BCUT2D eigenvalue weighted by molar-refractivity contribution is 0.286. The van der Waals surface area contributed by atoms with Crippen molar-refractivity contribution in [1.82, 2.24) is 5.32 Å². The van der Waals surface area contributed by atoms with Gasteiger partial charge in [0, 0.05) is 17.6 Å². The van der Waals surface area contributed by atoms with Gasteiger partial charge in [-0.05, 0) is 55.2 Å². The zero-order chi connectivity index (χ0) is 18.7. The van der Waals surface area contributed by atoms with Crippen molar-refractivity contribution in [1.29, 1.82) is 0 Å². The second-order valence-electron chi connectivity index (χ2n) is 6.05.